The maximum Gasteiger partial charge on any atom is 0.187 e. The summed E-state index contributed by atoms with van der Waals surface area (Å²) in [7, 11) is 0. The Bertz CT molecular complexity index is 1160. The van der Waals surface area contributed by atoms with Crippen LogP contribution in [0, 0.1) is 45.3 Å². The van der Waals surface area contributed by atoms with Crippen LogP contribution in [0.4, 0.5) is 0 Å². The van der Waals surface area contributed by atoms with Crippen molar-refractivity contribution in [2.75, 3.05) is 6.61 Å². The lowest BCUT2D eigenvalue weighted by Gasteiger charge is -2.66. The first-order valence-electron chi connectivity index (χ1n) is 17.1. The van der Waals surface area contributed by atoms with Gasteiger partial charge in [-0.15, -0.1) is 0 Å². The molecule has 0 aromatic rings. The summed E-state index contributed by atoms with van der Waals surface area (Å²) in [4.78, 5) is 13.2. The van der Waals surface area contributed by atoms with Crippen molar-refractivity contribution in [3.8, 4) is 0 Å². The minimum Gasteiger partial charge on any atom is -0.394 e. The number of rotatable bonds is 8. The fourth-order valence-electron chi connectivity index (χ4n) is 10.8. The molecule has 9 nitrogen and oxygen atoms in total. The van der Waals surface area contributed by atoms with Crippen molar-refractivity contribution >= 4 is 6.29 Å². The third-order valence-corrected chi connectivity index (χ3v) is 13.7. The van der Waals surface area contributed by atoms with Gasteiger partial charge in [0.2, 0.25) is 0 Å². The third-order valence-electron chi connectivity index (χ3n) is 13.7. The van der Waals surface area contributed by atoms with Crippen LogP contribution in [0.5, 0.6) is 0 Å². The van der Waals surface area contributed by atoms with Crippen LogP contribution in [0.1, 0.15) is 93.4 Å². The van der Waals surface area contributed by atoms with Crippen molar-refractivity contribution in [3.63, 3.8) is 0 Å². The molecule has 256 valence electrons. The molecule has 1 heterocycles. The molecule has 9 heteroatoms. The average molecular weight is 635 g/mol. The van der Waals surface area contributed by atoms with Crippen molar-refractivity contribution in [1.29, 1.82) is 0 Å². The van der Waals surface area contributed by atoms with Gasteiger partial charge in [0, 0.05) is 16.7 Å². The molecule has 14 atom stereocenters. The van der Waals surface area contributed by atoms with E-state index in [0.29, 0.717) is 18.3 Å². The first kappa shape index (κ1) is 35.1. The molecule has 3 saturated carbocycles. The highest BCUT2D eigenvalue weighted by Crippen LogP contribution is 2.74. The van der Waals surface area contributed by atoms with Crippen LogP contribution >= 0.6 is 0 Å². The number of ether oxygens (including phenoxy) is 2. The summed E-state index contributed by atoms with van der Waals surface area (Å²) in [6.07, 6.45) is 5.26. The van der Waals surface area contributed by atoms with E-state index in [2.05, 4.69) is 26.8 Å². The number of aldehydes is 1. The lowest BCUT2D eigenvalue weighted by Crippen LogP contribution is -2.64. The van der Waals surface area contributed by atoms with Crippen LogP contribution in [-0.2, 0) is 14.3 Å². The van der Waals surface area contributed by atoms with Gasteiger partial charge in [-0.2, -0.15) is 0 Å². The van der Waals surface area contributed by atoms with E-state index in [1.165, 1.54) is 6.29 Å². The van der Waals surface area contributed by atoms with Crippen molar-refractivity contribution in [3.05, 3.63) is 23.8 Å². The minimum atomic E-state index is -1.49. The van der Waals surface area contributed by atoms with Gasteiger partial charge in [0.05, 0.1) is 24.4 Å². The molecule has 0 bridgehead atoms. The number of aliphatic hydroxyl groups is 6. The number of hydrogen-bond donors (Lipinski definition) is 6. The second-order valence-corrected chi connectivity index (χ2v) is 16.7. The molecule has 0 radical (unpaired) electrons. The second-order valence-electron chi connectivity index (χ2n) is 16.7. The lowest BCUT2D eigenvalue weighted by atomic mass is 9.38. The summed E-state index contributed by atoms with van der Waals surface area (Å²) in [5.74, 6) is 0.608. The molecule has 2 unspecified atom stereocenters. The maximum absolute atomic E-state index is 13.2. The predicted molar refractivity (Wildman–Crippen MR) is 169 cm³/mol. The zero-order chi connectivity index (χ0) is 33.3. The first-order valence-corrected chi connectivity index (χ1v) is 17.1. The number of allylic oxidation sites excluding steroid dienone is 1. The first-order chi connectivity index (χ1) is 20.9. The Hall–Kier alpha value is -1.17. The van der Waals surface area contributed by atoms with Gasteiger partial charge in [-0.1, -0.05) is 58.4 Å². The molecule has 0 aromatic heterocycles. The highest BCUT2D eigenvalue weighted by atomic mass is 16.7. The number of carbonyl (C=O) groups is 1. The zero-order valence-corrected chi connectivity index (χ0v) is 28.2. The smallest absolute Gasteiger partial charge is 0.187 e. The van der Waals surface area contributed by atoms with E-state index in [1.54, 1.807) is 0 Å². The summed E-state index contributed by atoms with van der Waals surface area (Å²) in [5, 5.41) is 62.8. The zero-order valence-electron chi connectivity index (χ0n) is 28.2. The molecule has 1 saturated heterocycles. The van der Waals surface area contributed by atoms with Crippen LogP contribution in [0.3, 0.4) is 0 Å². The van der Waals surface area contributed by atoms with E-state index in [4.69, 9.17) is 9.47 Å². The monoisotopic (exact) mass is 634 g/mol. The molecular weight excluding hydrogens is 576 g/mol. The summed E-state index contributed by atoms with van der Waals surface area (Å²) in [6.45, 7) is 14.2. The van der Waals surface area contributed by atoms with E-state index in [0.717, 1.165) is 44.1 Å². The highest BCUT2D eigenvalue weighted by Gasteiger charge is 2.70. The Morgan fingerprint density at radius 1 is 0.978 bits per heavy atom. The van der Waals surface area contributed by atoms with E-state index >= 15 is 0 Å². The average Bonchev–Trinajstić information content (AvgIpc) is 3.25. The molecule has 0 amide bonds. The van der Waals surface area contributed by atoms with Gasteiger partial charge in [0.25, 0.3) is 0 Å². The van der Waals surface area contributed by atoms with Gasteiger partial charge in [0.15, 0.2) is 6.29 Å². The molecule has 4 fully saturated rings. The SMILES string of the molecule is C[C@H](CC=CC(C)(C)O[C@@H]1O[C@H](CO)[C@@H](O)[C@H](O)[C@H]1O)C1CC[C@@]2(C)C3[C@@H](O)C=C4[C@@H](CC[C@H](O)C4(C)C)[C@]3(C=O)CC[C@]12C. The fourth-order valence-corrected chi connectivity index (χ4v) is 10.8. The molecule has 5 aliphatic rings. The van der Waals surface area contributed by atoms with Crippen LogP contribution in [0.2, 0.25) is 0 Å². The molecular formula is C36H58O9. The number of aliphatic hydroxyl groups excluding tert-OH is 6. The van der Waals surface area contributed by atoms with E-state index in [1.807, 2.05) is 39.8 Å². The van der Waals surface area contributed by atoms with E-state index < -0.39 is 66.0 Å². The summed E-state index contributed by atoms with van der Waals surface area (Å²) in [5.41, 5.74) is -1.17. The minimum absolute atomic E-state index is 0.0495. The number of carbonyl (C=O) groups excluding carboxylic acids is 1. The molecule has 6 N–H and O–H groups in total. The lowest BCUT2D eigenvalue weighted by molar-refractivity contribution is -0.317. The Labute approximate surface area is 268 Å². The van der Waals surface area contributed by atoms with Gasteiger partial charge >= 0.3 is 0 Å². The fraction of sp³-hybridized carbons (Fsp3) is 0.861. The standard InChI is InChI=1S/C36H58O9/c1-20(9-8-13-32(2,3)45-31-29(43)28(42)27(41)25(18-37)44-31)21-12-14-35(7)30-24(39)17-23-22(10-11-26(40)33(23,4)5)36(30,19-38)16-15-34(21,35)6/h8,13,17,19-22,24-31,37,39-43H,9-12,14-16,18H2,1-7H3/t20-,21?,22-,24+,25-,26+,27-,28+,29-,30?,31+,34-,35+,36-/m1/s1. The van der Waals surface area contributed by atoms with Crippen LogP contribution < -0.4 is 0 Å². The van der Waals surface area contributed by atoms with Crippen LogP contribution in [0.15, 0.2) is 23.8 Å². The molecule has 0 spiro atoms. The van der Waals surface area contributed by atoms with Gasteiger partial charge < -0.3 is 44.9 Å². The predicted octanol–water partition coefficient (Wildman–Crippen LogP) is 3.28. The summed E-state index contributed by atoms with van der Waals surface area (Å²) < 4.78 is 11.6. The summed E-state index contributed by atoms with van der Waals surface area (Å²) >= 11 is 0. The van der Waals surface area contributed by atoms with Gasteiger partial charge in [-0.3, -0.25) is 0 Å². The van der Waals surface area contributed by atoms with Crippen molar-refractivity contribution in [2.45, 2.75) is 142 Å². The normalized spacial score (nSPS) is 48.7. The largest absolute Gasteiger partial charge is 0.394 e. The number of hydrogen-bond acceptors (Lipinski definition) is 9. The second kappa shape index (κ2) is 12.1. The molecule has 45 heavy (non-hydrogen) atoms. The Morgan fingerprint density at radius 2 is 1.67 bits per heavy atom. The maximum atomic E-state index is 13.2. The third kappa shape index (κ3) is 5.41. The Kier molecular flexibility index (Phi) is 9.42. The van der Waals surface area contributed by atoms with Crippen molar-refractivity contribution < 1.29 is 44.9 Å². The van der Waals surface area contributed by atoms with Crippen LogP contribution in [0.25, 0.3) is 0 Å². The molecule has 5 rings (SSSR count). The summed E-state index contributed by atoms with van der Waals surface area (Å²) in [6, 6.07) is 0. The quantitative estimate of drug-likeness (QED) is 0.174. The molecule has 0 aromatic carbocycles. The highest BCUT2D eigenvalue weighted by molar-refractivity contribution is 5.65. The van der Waals surface area contributed by atoms with E-state index in [9.17, 15) is 35.4 Å². The van der Waals surface area contributed by atoms with Gasteiger partial charge in [-0.05, 0) is 87.4 Å². The topological polar surface area (TPSA) is 157 Å². The molecule has 4 aliphatic carbocycles. The van der Waals surface area contributed by atoms with Gasteiger partial charge in [-0.25, -0.2) is 0 Å². The van der Waals surface area contributed by atoms with Crippen LogP contribution in [-0.4, -0.2) is 92.0 Å². The molecule has 1 aliphatic heterocycles. The van der Waals surface area contributed by atoms with Gasteiger partial charge in [0.1, 0.15) is 30.7 Å². The van der Waals surface area contributed by atoms with Crippen molar-refractivity contribution in [2.24, 2.45) is 45.3 Å². The number of fused-ring (bicyclic) bond motifs is 5. The van der Waals surface area contributed by atoms with Crippen molar-refractivity contribution in [1.82, 2.24) is 0 Å². The Balaban J connectivity index is 1.31. The Morgan fingerprint density at radius 3 is 2.31 bits per heavy atom. The van der Waals surface area contributed by atoms with E-state index in [-0.39, 0.29) is 22.7 Å².